The van der Waals surface area contributed by atoms with Gasteiger partial charge >= 0.3 is 7.60 Å². The summed E-state index contributed by atoms with van der Waals surface area (Å²) in [6.07, 6.45) is 25.4. The molecule has 0 radical (unpaired) electrons. The lowest BCUT2D eigenvalue weighted by molar-refractivity contribution is -0.883. The molecule has 0 amide bonds. The molecule has 0 rings (SSSR count). The fourth-order valence-corrected chi connectivity index (χ4v) is 6.08. The lowest BCUT2D eigenvalue weighted by Gasteiger charge is -2.35. The Morgan fingerprint density at radius 1 is 0.742 bits per heavy atom. The summed E-state index contributed by atoms with van der Waals surface area (Å²) in [7, 11) is 2.35. The van der Waals surface area contributed by atoms with Crippen LogP contribution in [0.5, 0.6) is 0 Å². The molecule has 4 nitrogen and oxygen atoms in total. The summed E-state index contributed by atoms with van der Waals surface area (Å²) >= 11 is 0. The van der Waals surface area contributed by atoms with Gasteiger partial charge in [-0.05, 0) is 38.5 Å². The number of unbranched alkanes of at least 4 members (excludes halogenated alkanes) is 13. The number of hydrogen-bond acceptors (Lipinski definition) is 2. The molecule has 0 aliphatic rings. The van der Waals surface area contributed by atoms with E-state index in [1.165, 1.54) is 83.5 Å². The zero-order valence-electron chi connectivity index (χ0n) is 21.6. The van der Waals surface area contributed by atoms with Gasteiger partial charge in [-0.1, -0.05) is 90.2 Å². The number of allylic oxidation sites excluding steroid dienone is 2. The first-order chi connectivity index (χ1) is 14.8. The van der Waals surface area contributed by atoms with Crippen LogP contribution in [0.25, 0.3) is 0 Å². The van der Waals surface area contributed by atoms with E-state index in [2.05, 4.69) is 26.0 Å². The second-order valence-electron chi connectivity index (χ2n) is 10.1. The highest BCUT2D eigenvalue weighted by Gasteiger charge is 2.41. The summed E-state index contributed by atoms with van der Waals surface area (Å²) in [5, 5.41) is 0. The second kappa shape index (κ2) is 19.3. The van der Waals surface area contributed by atoms with Crippen LogP contribution in [0.3, 0.4) is 0 Å². The Kier molecular flexibility index (Phi) is 19.2. The Labute approximate surface area is 195 Å². The van der Waals surface area contributed by atoms with Crippen molar-refractivity contribution >= 4 is 7.60 Å². The third kappa shape index (κ3) is 18.0. The molecule has 31 heavy (non-hydrogen) atoms. The zero-order valence-corrected chi connectivity index (χ0v) is 22.5. The number of nitrogens with zero attached hydrogens (tertiary/aromatic N) is 1. The molecule has 0 aromatic carbocycles. The highest BCUT2D eigenvalue weighted by molar-refractivity contribution is 7.53. The average Bonchev–Trinajstić information content (AvgIpc) is 2.70. The van der Waals surface area contributed by atoms with E-state index in [0.717, 1.165) is 19.3 Å². The van der Waals surface area contributed by atoms with Gasteiger partial charge in [-0.15, -0.1) is 0 Å². The van der Waals surface area contributed by atoms with Crippen molar-refractivity contribution in [2.45, 2.75) is 129 Å². The van der Waals surface area contributed by atoms with Gasteiger partial charge in [-0.3, -0.25) is 4.57 Å². The molecule has 0 saturated heterocycles. The standard InChI is InChI=1S/C26H54NO3P/c1-6-8-9-10-11-12-13-14-15-16-17-18-19-20-21-22-23-25-30-31(28,29)26(24-7-2)27(3,4)5/h11-12,26H,6-10,13-25H2,1-5H3/p+1. The van der Waals surface area contributed by atoms with Gasteiger partial charge in [0.1, 0.15) is 0 Å². The van der Waals surface area contributed by atoms with Crippen LogP contribution >= 0.6 is 7.60 Å². The molecular formula is C26H55NO3P+. The average molecular weight is 461 g/mol. The summed E-state index contributed by atoms with van der Waals surface area (Å²) < 4.78 is 18.6. The molecule has 5 heteroatoms. The van der Waals surface area contributed by atoms with Crippen LogP contribution in [-0.2, 0) is 9.09 Å². The minimum atomic E-state index is -3.56. The third-order valence-corrected chi connectivity index (χ3v) is 8.26. The van der Waals surface area contributed by atoms with Crippen molar-refractivity contribution in [1.82, 2.24) is 0 Å². The lowest BCUT2D eigenvalue weighted by atomic mass is 10.1. The Balaban J connectivity index is 3.55. The molecule has 0 spiro atoms. The molecule has 0 aromatic rings. The molecule has 0 heterocycles. The van der Waals surface area contributed by atoms with Gasteiger partial charge in [0.2, 0.25) is 0 Å². The molecule has 0 aromatic heterocycles. The molecule has 0 bridgehead atoms. The smallest absolute Gasteiger partial charge is 0.320 e. The monoisotopic (exact) mass is 460 g/mol. The minimum Gasteiger partial charge on any atom is -0.320 e. The van der Waals surface area contributed by atoms with Crippen molar-refractivity contribution in [3.63, 3.8) is 0 Å². The summed E-state index contributed by atoms with van der Waals surface area (Å²) in [5.74, 6) is -0.334. The van der Waals surface area contributed by atoms with Crippen molar-refractivity contribution < 1.29 is 18.5 Å². The quantitative estimate of drug-likeness (QED) is 0.0763. The van der Waals surface area contributed by atoms with Crippen LogP contribution in [0.4, 0.5) is 0 Å². The molecule has 0 aliphatic carbocycles. The molecule has 2 unspecified atom stereocenters. The van der Waals surface area contributed by atoms with Crippen molar-refractivity contribution in [3.8, 4) is 0 Å². The molecule has 0 aliphatic heterocycles. The first kappa shape index (κ1) is 30.9. The maximum Gasteiger partial charge on any atom is 0.385 e. The maximum absolute atomic E-state index is 12.6. The van der Waals surface area contributed by atoms with E-state index in [0.29, 0.717) is 17.5 Å². The number of quaternary nitrogens is 1. The van der Waals surface area contributed by atoms with E-state index in [-0.39, 0.29) is 5.78 Å². The largest absolute Gasteiger partial charge is 0.385 e. The van der Waals surface area contributed by atoms with E-state index in [1.54, 1.807) is 0 Å². The molecule has 2 atom stereocenters. The van der Waals surface area contributed by atoms with Crippen molar-refractivity contribution in [1.29, 1.82) is 0 Å². The predicted octanol–water partition coefficient (Wildman–Crippen LogP) is 8.45. The number of hydrogen-bond donors (Lipinski definition) is 1. The normalized spacial score (nSPS) is 15.4. The Bertz CT molecular complexity index is 474. The zero-order chi connectivity index (χ0) is 23.4. The van der Waals surface area contributed by atoms with Crippen LogP contribution in [0.1, 0.15) is 123 Å². The highest BCUT2D eigenvalue weighted by Crippen LogP contribution is 2.51. The SMILES string of the molecule is CCCCCC=CCCCCCCCCCCCCOP(=O)(O)C(CCC)[N+](C)(C)C. The first-order valence-electron chi connectivity index (χ1n) is 13.2. The van der Waals surface area contributed by atoms with Gasteiger partial charge in [0.25, 0.3) is 0 Å². The predicted molar refractivity (Wildman–Crippen MR) is 137 cm³/mol. The molecule has 0 fully saturated rings. The van der Waals surface area contributed by atoms with Gasteiger partial charge in [0.15, 0.2) is 5.78 Å². The maximum atomic E-state index is 12.6. The lowest BCUT2D eigenvalue weighted by Crippen LogP contribution is -2.45. The van der Waals surface area contributed by atoms with Gasteiger partial charge in [-0.25, -0.2) is 0 Å². The van der Waals surface area contributed by atoms with Crippen LogP contribution in [0.2, 0.25) is 0 Å². The van der Waals surface area contributed by atoms with E-state index >= 15 is 0 Å². The second-order valence-corrected chi connectivity index (χ2v) is 12.1. The van der Waals surface area contributed by atoms with E-state index in [9.17, 15) is 9.46 Å². The van der Waals surface area contributed by atoms with Crippen molar-refractivity contribution in [3.05, 3.63) is 12.2 Å². The third-order valence-electron chi connectivity index (χ3n) is 6.00. The Morgan fingerprint density at radius 2 is 1.19 bits per heavy atom. The Morgan fingerprint density at radius 3 is 1.65 bits per heavy atom. The molecular weight excluding hydrogens is 405 g/mol. The highest BCUT2D eigenvalue weighted by atomic mass is 31.2. The minimum absolute atomic E-state index is 0.334. The first-order valence-corrected chi connectivity index (χ1v) is 14.8. The molecule has 0 saturated carbocycles. The van der Waals surface area contributed by atoms with Crippen LogP contribution in [0.15, 0.2) is 12.2 Å². The van der Waals surface area contributed by atoms with Crippen LogP contribution in [0, 0.1) is 0 Å². The van der Waals surface area contributed by atoms with Crippen molar-refractivity contribution in [2.24, 2.45) is 0 Å². The van der Waals surface area contributed by atoms with E-state index in [1.807, 2.05) is 21.1 Å². The van der Waals surface area contributed by atoms with E-state index < -0.39 is 7.60 Å². The van der Waals surface area contributed by atoms with Crippen LogP contribution < -0.4 is 0 Å². The topological polar surface area (TPSA) is 46.5 Å². The van der Waals surface area contributed by atoms with Crippen LogP contribution in [-0.4, -0.2) is 42.9 Å². The molecule has 186 valence electrons. The summed E-state index contributed by atoms with van der Waals surface area (Å²) in [6.45, 7) is 4.71. The summed E-state index contributed by atoms with van der Waals surface area (Å²) in [5.41, 5.74) is 0. The van der Waals surface area contributed by atoms with Gasteiger partial charge in [0.05, 0.1) is 27.7 Å². The van der Waals surface area contributed by atoms with Crippen molar-refractivity contribution in [2.75, 3.05) is 27.7 Å². The van der Waals surface area contributed by atoms with Gasteiger partial charge < -0.3 is 13.9 Å². The summed E-state index contributed by atoms with van der Waals surface area (Å²) in [4.78, 5) is 10.4. The fourth-order valence-electron chi connectivity index (χ4n) is 4.05. The van der Waals surface area contributed by atoms with E-state index in [4.69, 9.17) is 4.52 Å². The van der Waals surface area contributed by atoms with Gasteiger partial charge in [-0.2, -0.15) is 0 Å². The fraction of sp³-hybridized carbons (Fsp3) is 0.923. The number of rotatable bonds is 22. The Hall–Kier alpha value is -0.150. The van der Waals surface area contributed by atoms with Gasteiger partial charge in [0, 0.05) is 6.42 Å². The molecule has 1 N–H and O–H groups in total. The summed E-state index contributed by atoms with van der Waals surface area (Å²) in [6, 6.07) is 0.